The molecule has 2 N–H and O–H groups in total. The van der Waals surface area contributed by atoms with E-state index in [1.54, 1.807) is 25.3 Å². The van der Waals surface area contributed by atoms with Crippen LogP contribution in [-0.2, 0) is 16.0 Å². The second-order valence-corrected chi connectivity index (χ2v) is 7.82. The Morgan fingerprint density at radius 2 is 1.83 bits per heavy atom. The van der Waals surface area contributed by atoms with Crippen LogP contribution in [0.15, 0.2) is 48.7 Å². The average molecular weight is 397 g/mol. The van der Waals surface area contributed by atoms with Gasteiger partial charge in [-0.15, -0.1) is 0 Å². The van der Waals surface area contributed by atoms with Crippen LogP contribution in [0.3, 0.4) is 0 Å². The van der Waals surface area contributed by atoms with Gasteiger partial charge in [0.05, 0.1) is 18.2 Å². The molecular weight excluding hydrogens is 369 g/mol. The molecule has 3 rings (SSSR count). The lowest BCUT2D eigenvalue weighted by molar-refractivity contribution is -0.122. The highest BCUT2D eigenvalue weighted by Crippen LogP contribution is 2.36. The first-order valence-corrected chi connectivity index (χ1v) is 10.2. The van der Waals surface area contributed by atoms with Crippen LogP contribution in [0.5, 0.6) is 0 Å². The van der Waals surface area contributed by atoms with Crippen molar-refractivity contribution in [3.8, 4) is 0 Å². The topological polar surface area (TPSA) is 71.1 Å². The number of nitrogens with one attached hydrogen (secondary N) is 2. The van der Waals surface area contributed by atoms with Crippen molar-refractivity contribution in [3.63, 3.8) is 0 Å². The third-order valence-corrected chi connectivity index (χ3v) is 5.60. The number of nitrogens with zero attached hydrogens (tertiary/aromatic N) is 1. The summed E-state index contributed by atoms with van der Waals surface area (Å²) in [4.78, 5) is 28.3. The Labute approximate surface area is 171 Å². The van der Waals surface area contributed by atoms with E-state index < -0.39 is 0 Å². The van der Waals surface area contributed by atoms with E-state index in [-0.39, 0.29) is 30.1 Å². The van der Waals surface area contributed by atoms with Crippen molar-refractivity contribution >= 4 is 11.8 Å². The lowest BCUT2D eigenvalue weighted by Crippen LogP contribution is -2.37. The van der Waals surface area contributed by atoms with Gasteiger partial charge in [-0.2, -0.15) is 0 Å². The molecule has 1 atom stereocenters. The highest BCUT2D eigenvalue weighted by atomic mass is 19.1. The molecule has 0 bridgehead atoms. The van der Waals surface area contributed by atoms with Crippen LogP contribution in [-0.4, -0.2) is 23.3 Å². The van der Waals surface area contributed by atoms with Crippen molar-refractivity contribution in [2.45, 2.75) is 45.1 Å². The molecule has 1 saturated carbocycles. The van der Waals surface area contributed by atoms with Gasteiger partial charge < -0.3 is 10.6 Å². The van der Waals surface area contributed by atoms with Crippen molar-refractivity contribution < 1.29 is 14.0 Å². The van der Waals surface area contributed by atoms with Gasteiger partial charge in [0, 0.05) is 19.7 Å². The van der Waals surface area contributed by atoms with Gasteiger partial charge in [0.15, 0.2) is 0 Å². The summed E-state index contributed by atoms with van der Waals surface area (Å²) in [6.45, 7) is 2.26. The second-order valence-electron chi connectivity index (χ2n) is 7.82. The predicted octanol–water partition coefficient (Wildman–Crippen LogP) is 3.56. The molecule has 0 radical (unpaired) electrons. The third-order valence-electron chi connectivity index (χ3n) is 5.60. The number of amides is 2. The first-order valence-electron chi connectivity index (χ1n) is 10.2. The summed E-state index contributed by atoms with van der Waals surface area (Å²) in [7, 11) is 0. The van der Waals surface area contributed by atoms with Crippen LogP contribution in [0.4, 0.5) is 4.39 Å². The van der Waals surface area contributed by atoms with Gasteiger partial charge in [0.1, 0.15) is 5.82 Å². The Bertz CT molecular complexity index is 803. The summed E-state index contributed by atoms with van der Waals surface area (Å²) < 4.78 is 13.1. The standard InChI is InChI=1S/C23H28FN3O2/c1-16(28)26-15-18-5-9-19(10-6-18)23(21-4-2-3-13-25-21)27-22(29)14-17-7-11-20(24)12-8-17/h2-4,7-8,11-13,18-19,23H,5-6,9-10,14-15H2,1H3,(H,26,28)(H,27,29)/t18?,19?,23-/m1/s1. The third kappa shape index (κ3) is 6.38. The van der Waals surface area contributed by atoms with E-state index in [9.17, 15) is 14.0 Å². The van der Waals surface area contributed by atoms with E-state index in [1.807, 2.05) is 18.2 Å². The molecule has 1 fully saturated rings. The monoisotopic (exact) mass is 397 g/mol. The Morgan fingerprint density at radius 1 is 1.10 bits per heavy atom. The van der Waals surface area contributed by atoms with Gasteiger partial charge in [-0.05, 0) is 67.3 Å². The molecule has 0 spiro atoms. The van der Waals surface area contributed by atoms with Gasteiger partial charge in [0.25, 0.3) is 0 Å². The Kier molecular flexibility index (Phi) is 7.33. The molecule has 2 aromatic rings. The molecule has 29 heavy (non-hydrogen) atoms. The van der Waals surface area contributed by atoms with Gasteiger partial charge in [-0.25, -0.2) is 4.39 Å². The van der Waals surface area contributed by atoms with E-state index in [4.69, 9.17) is 0 Å². The van der Waals surface area contributed by atoms with Crippen LogP contribution in [0.1, 0.15) is 49.9 Å². The molecule has 5 nitrogen and oxygen atoms in total. The summed E-state index contributed by atoms with van der Waals surface area (Å²) in [5, 5.41) is 6.07. The fraction of sp³-hybridized carbons (Fsp3) is 0.435. The second kappa shape index (κ2) is 10.1. The smallest absolute Gasteiger partial charge is 0.224 e. The Balaban J connectivity index is 1.63. The molecule has 0 unspecified atom stereocenters. The molecular formula is C23H28FN3O2. The molecule has 1 aliphatic carbocycles. The summed E-state index contributed by atoms with van der Waals surface area (Å²) in [6, 6.07) is 11.6. The van der Waals surface area contributed by atoms with Crippen molar-refractivity contribution in [1.29, 1.82) is 0 Å². The van der Waals surface area contributed by atoms with E-state index in [0.717, 1.165) is 36.9 Å². The van der Waals surface area contributed by atoms with Crippen LogP contribution in [0, 0.1) is 17.7 Å². The van der Waals surface area contributed by atoms with Gasteiger partial charge in [0.2, 0.25) is 11.8 Å². The minimum absolute atomic E-state index is 0.00606. The van der Waals surface area contributed by atoms with Gasteiger partial charge in [-0.1, -0.05) is 18.2 Å². The van der Waals surface area contributed by atoms with E-state index in [0.29, 0.717) is 18.4 Å². The SMILES string of the molecule is CC(=O)NCC1CCC([C@@H](NC(=O)Cc2ccc(F)cc2)c2ccccn2)CC1. The van der Waals surface area contributed by atoms with Crippen molar-refractivity contribution in [3.05, 3.63) is 65.7 Å². The summed E-state index contributed by atoms with van der Waals surface area (Å²) in [5.41, 5.74) is 1.65. The molecule has 2 amide bonds. The maximum atomic E-state index is 13.1. The maximum Gasteiger partial charge on any atom is 0.224 e. The largest absolute Gasteiger partial charge is 0.356 e. The number of hydrogen-bond acceptors (Lipinski definition) is 3. The van der Waals surface area contributed by atoms with Crippen molar-refractivity contribution in [2.75, 3.05) is 6.54 Å². The number of pyridine rings is 1. The fourth-order valence-corrected chi connectivity index (χ4v) is 4.02. The lowest BCUT2D eigenvalue weighted by atomic mass is 9.77. The van der Waals surface area contributed by atoms with E-state index >= 15 is 0 Å². The molecule has 1 aromatic carbocycles. The Hall–Kier alpha value is -2.76. The number of carbonyl (C=O) groups is 2. The normalized spacial score (nSPS) is 19.9. The van der Waals surface area contributed by atoms with Crippen LogP contribution in [0.2, 0.25) is 0 Å². The first-order chi connectivity index (χ1) is 14.0. The predicted molar refractivity (Wildman–Crippen MR) is 109 cm³/mol. The number of benzene rings is 1. The van der Waals surface area contributed by atoms with Crippen LogP contribution >= 0.6 is 0 Å². The molecule has 1 heterocycles. The van der Waals surface area contributed by atoms with Crippen LogP contribution < -0.4 is 10.6 Å². The van der Waals surface area contributed by atoms with Gasteiger partial charge >= 0.3 is 0 Å². The summed E-state index contributed by atoms with van der Waals surface area (Å²) in [5.74, 6) is 0.390. The van der Waals surface area contributed by atoms with Gasteiger partial charge in [-0.3, -0.25) is 14.6 Å². The molecule has 0 saturated heterocycles. The number of halogens is 1. The number of aromatic nitrogens is 1. The molecule has 0 aliphatic heterocycles. The highest BCUT2D eigenvalue weighted by Gasteiger charge is 2.30. The number of carbonyl (C=O) groups excluding carboxylic acids is 2. The van der Waals surface area contributed by atoms with E-state index in [1.165, 1.54) is 12.1 Å². The zero-order chi connectivity index (χ0) is 20.6. The highest BCUT2D eigenvalue weighted by molar-refractivity contribution is 5.79. The Morgan fingerprint density at radius 3 is 2.45 bits per heavy atom. The minimum atomic E-state index is -0.309. The fourth-order valence-electron chi connectivity index (χ4n) is 4.02. The quantitative estimate of drug-likeness (QED) is 0.750. The molecule has 1 aromatic heterocycles. The summed E-state index contributed by atoms with van der Waals surface area (Å²) >= 11 is 0. The van der Waals surface area contributed by atoms with Crippen molar-refractivity contribution in [1.82, 2.24) is 15.6 Å². The molecule has 6 heteroatoms. The number of hydrogen-bond donors (Lipinski definition) is 2. The zero-order valence-corrected chi connectivity index (χ0v) is 16.7. The van der Waals surface area contributed by atoms with Crippen molar-refractivity contribution in [2.24, 2.45) is 11.8 Å². The molecule has 1 aliphatic rings. The zero-order valence-electron chi connectivity index (χ0n) is 16.7. The maximum absolute atomic E-state index is 13.1. The van der Waals surface area contributed by atoms with E-state index in [2.05, 4.69) is 15.6 Å². The lowest BCUT2D eigenvalue weighted by Gasteiger charge is -2.34. The average Bonchev–Trinajstić information content (AvgIpc) is 2.73. The minimum Gasteiger partial charge on any atom is -0.356 e. The van der Waals surface area contributed by atoms with Crippen LogP contribution in [0.25, 0.3) is 0 Å². The summed E-state index contributed by atoms with van der Waals surface area (Å²) in [6.07, 6.45) is 5.94. The number of rotatable bonds is 7. The first kappa shape index (κ1) is 21.0. The molecule has 154 valence electrons.